The van der Waals surface area contributed by atoms with Crippen LogP contribution < -0.4 is 10.2 Å². The van der Waals surface area contributed by atoms with E-state index in [0.717, 1.165) is 0 Å². The van der Waals surface area contributed by atoms with Gasteiger partial charge in [0.15, 0.2) is 0 Å². The van der Waals surface area contributed by atoms with Crippen molar-refractivity contribution >= 4 is 34.3 Å². The zero-order valence-corrected chi connectivity index (χ0v) is 13.0. The molecular formula is C15H15N3O4S. The number of nitrogens with zero attached hydrogens (tertiary/aromatic N) is 2. The van der Waals surface area contributed by atoms with Crippen LogP contribution in [-0.2, 0) is 4.74 Å². The molecule has 2 heterocycles. The lowest BCUT2D eigenvalue weighted by Crippen LogP contribution is -2.37. The minimum absolute atomic E-state index is 0.0649. The Bertz CT molecular complexity index is 712. The topological polar surface area (TPSA) is 84.7 Å². The minimum atomic E-state index is -0.452. The highest BCUT2D eigenvalue weighted by Gasteiger charge is 2.27. The Morgan fingerprint density at radius 2 is 2.09 bits per heavy atom. The third-order valence-electron chi connectivity index (χ3n) is 3.56. The van der Waals surface area contributed by atoms with Crippen LogP contribution in [0.5, 0.6) is 0 Å². The number of morpholine rings is 1. The molecule has 120 valence electrons. The predicted molar refractivity (Wildman–Crippen MR) is 88.4 cm³/mol. The Morgan fingerprint density at radius 1 is 1.30 bits per heavy atom. The Balaban J connectivity index is 1.99. The average Bonchev–Trinajstić information content (AvgIpc) is 3.07. The molecule has 7 nitrogen and oxygen atoms in total. The van der Waals surface area contributed by atoms with Crippen molar-refractivity contribution < 1.29 is 14.5 Å². The maximum Gasteiger partial charge on any atom is 0.293 e. The lowest BCUT2D eigenvalue weighted by Gasteiger charge is -2.29. The van der Waals surface area contributed by atoms with E-state index in [1.807, 2.05) is 15.7 Å². The summed E-state index contributed by atoms with van der Waals surface area (Å²) in [7, 11) is 0. The zero-order valence-electron chi connectivity index (χ0n) is 12.2. The molecule has 1 N–H and O–H groups in total. The first-order chi connectivity index (χ1) is 11.2. The van der Waals surface area contributed by atoms with Gasteiger partial charge in [0.25, 0.3) is 11.6 Å². The van der Waals surface area contributed by atoms with Crippen LogP contribution in [0.2, 0.25) is 0 Å². The molecular weight excluding hydrogens is 318 g/mol. The molecule has 1 aliphatic heterocycles. The highest BCUT2D eigenvalue weighted by molar-refractivity contribution is 7.08. The van der Waals surface area contributed by atoms with Crippen molar-refractivity contribution in [2.24, 2.45) is 0 Å². The summed E-state index contributed by atoms with van der Waals surface area (Å²) in [5, 5.41) is 17.8. The van der Waals surface area contributed by atoms with Crippen LogP contribution in [0.15, 0.2) is 35.0 Å². The van der Waals surface area contributed by atoms with Gasteiger partial charge in [-0.15, -0.1) is 0 Å². The molecule has 3 rings (SSSR count). The molecule has 1 saturated heterocycles. The van der Waals surface area contributed by atoms with Crippen molar-refractivity contribution in [2.45, 2.75) is 0 Å². The second kappa shape index (κ2) is 6.76. The van der Waals surface area contributed by atoms with Gasteiger partial charge >= 0.3 is 0 Å². The maximum absolute atomic E-state index is 12.6. The number of anilines is 2. The average molecular weight is 333 g/mol. The van der Waals surface area contributed by atoms with Crippen LogP contribution in [0.25, 0.3) is 0 Å². The van der Waals surface area contributed by atoms with Crippen LogP contribution in [0.3, 0.4) is 0 Å². The number of carbonyl (C=O) groups excluding carboxylic acids is 1. The largest absolute Gasteiger partial charge is 0.378 e. The molecule has 1 aromatic heterocycles. The molecule has 1 aliphatic rings. The first kappa shape index (κ1) is 15.4. The molecule has 8 heteroatoms. The molecule has 0 radical (unpaired) electrons. The van der Waals surface area contributed by atoms with Crippen molar-refractivity contribution in [1.29, 1.82) is 0 Å². The third-order valence-corrected chi connectivity index (χ3v) is 4.25. The van der Waals surface area contributed by atoms with E-state index in [9.17, 15) is 14.9 Å². The van der Waals surface area contributed by atoms with Gasteiger partial charge in [0.05, 0.1) is 29.4 Å². The number of amides is 1. The van der Waals surface area contributed by atoms with Gasteiger partial charge in [-0.05, 0) is 17.5 Å². The van der Waals surface area contributed by atoms with Crippen molar-refractivity contribution in [3.8, 4) is 0 Å². The summed E-state index contributed by atoms with van der Waals surface area (Å²) >= 11 is 1.47. The first-order valence-corrected chi connectivity index (χ1v) is 8.05. The Kier molecular flexibility index (Phi) is 4.54. The van der Waals surface area contributed by atoms with E-state index in [-0.39, 0.29) is 11.6 Å². The standard InChI is InChI=1S/C15H15N3O4S/c19-15(16-11-4-9-23-10-11)12-2-1-3-13(18(20)21)14(12)17-5-7-22-8-6-17/h1-4,9-10H,5-8H2,(H,16,19). The monoisotopic (exact) mass is 333 g/mol. The third kappa shape index (κ3) is 3.33. The van der Waals surface area contributed by atoms with Gasteiger partial charge in [0.1, 0.15) is 5.69 Å². The maximum atomic E-state index is 12.6. The van der Waals surface area contributed by atoms with E-state index in [1.54, 1.807) is 12.1 Å². The van der Waals surface area contributed by atoms with Crippen molar-refractivity contribution in [2.75, 3.05) is 36.5 Å². The number of para-hydroxylation sites is 1. The predicted octanol–water partition coefficient (Wildman–Crippen LogP) is 2.75. The molecule has 2 aromatic rings. The normalized spacial score (nSPS) is 14.5. The molecule has 0 bridgehead atoms. The fraction of sp³-hybridized carbons (Fsp3) is 0.267. The fourth-order valence-electron chi connectivity index (χ4n) is 2.52. The number of ether oxygens (including phenoxy) is 1. The summed E-state index contributed by atoms with van der Waals surface area (Å²) in [5.41, 5.74) is 1.27. The van der Waals surface area contributed by atoms with Crippen molar-refractivity contribution in [3.05, 3.63) is 50.7 Å². The molecule has 23 heavy (non-hydrogen) atoms. The summed E-state index contributed by atoms with van der Waals surface area (Å²) < 4.78 is 5.30. The van der Waals surface area contributed by atoms with Gasteiger partial charge in [0.2, 0.25) is 0 Å². The molecule has 0 saturated carbocycles. The van der Waals surface area contributed by atoms with Crippen LogP contribution in [-0.4, -0.2) is 37.1 Å². The molecule has 0 aliphatic carbocycles. The summed E-state index contributed by atoms with van der Waals surface area (Å²) in [4.78, 5) is 25.3. The van der Waals surface area contributed by atoms with Gasteiger partial charge in [-0.25, -0.2) is 0 Å². The van der Waals surface area contributed by atoms with Crippen LogP contribution in [0, 0.1) is 10.1 Å². The van der Waals surface area contributed by atoms with E-state index < -0.39 is 4.92 Å². The highest BCUT2D eigenvalue weighted by atomic mass is 32.1. The number of hydrogen-bond acceptors (Lipinski definition) is 6. The lowest BCUT2D eigenvalue weighted by molar-refractivity contribution is -0.384. The van der Waals surface area contributed by atoms with Crippen LogP contribution in [0.4, 0.5) is 17.1 Å². The van der Waals surface area contributed by atoms with Crippen molar-refractivity contribution in [1.82, 2.24) is 0 Å². The highest BCUT2D eigenvalue weighted by Crippen LogP contribution is 2.33. The number of rotatable bonds is 4. The van der Waals surface area contributed by atoms with E-state index in [1.165, 1.54) is 23.5 Å². The molecule has 1 fully saturated rings. The number of nitro groups is 1. The second-order valence-corrected chi connectivity index (χ2v) is 5.78. The Labute approximate surface area is 136 Å². The molecule has 0 atom stereocenters. The van der Waals surface area contributed by atoms with E-state index >= 15 is 0 Å². The van der Waals surface area contributed by atoms with Crippen molar-refractivity contribution in [3.63, 3.8) is 0 Å². The van der Waals surface area contributed by atoms with Gasteiger partial charge in [-0.2, -0.15) is 11.3 Å². The summed E-state index contributed by atoms with van der Waals surface area (Å²) in [5.74, 6) is -0.353. The van der Waals surface area contributed by atoms with E-state index in [2.05, 4.69) is 5.32 Å². The first-order valence-electron chi connectivity index (χ1n) is 7.10. The number of hydrogen-bond donors (Lipinski definition) is 1. The molecule has 1 amide bonds. The van der Waals surface area contributed by atoms with Gasteiger partial charge < -0.3 is 15.0 Å². The van der Waals surface area contributed by atoms with Gasteiger partial charge in [-0.1, -0.05) is 6.07 Å². The summed E-state index contributed by atoms with van der Waals surface area (Å²) in [6.45, 7) is 2.00. The van der Waals surface area contributed by atoms with Gasteiger partial charge in [0, 0.05) is 24.5 Å². The molecule has 1 aromatic carbocycles. The Morgan fingerprint density at radius 3 is 2.74 bits per heavy atom. The van der Waals surface area contributed by atoms with E-state index in [4.69, 9.17) is 4.74 Å². The zero-order chi connectivity index (χ0) is 16.2. The summed E-state index contributed by atoms with van der Waals surface area (Å²) in [6.07, 6.45) is 0. The van der Waals surface area contributed by atoms with Crippen LogP contribution >= 0.6 is 11.3 Å². The fourth-order valence-corrected chi connectivity index (χ4v) is 3.10. The van der Waals surface area contributed by atoms with Crippen LogP contribution in [0.1, 0.15) is 10.4 Å². The molecule has 0 unspecified atom stereocenters. The SMILES string of the molecule is O=C(Nc1ccsc1)c1cccc([N+](=O)[O-])c1N1CCOCC1. The Hall–Kier alpha value is -2.45. The second-order valence-electron chi connectivity index (χ2n) is 5.00. The number of nitro benzene ring substituents is 1. The number of nitrogens with one attached hydrogen (secondary N) is 1. The number of carbonyl (C=O) groups is 1. The smallest absolute Gasteiger partial charge is 0.293 e. The van der Waals surface area contributed by atoms with Gasteiger partial charge in [-0.3, -0.25) is 14.9 Å². The minimum Gasteiger partial charge on any atom is -0.378 e. The quantitative estimate of drug-likeness (QED) is 0.687. The summed E-state index contributed by atoms with van der Waals surface area (Å²) in [6, 6.07) is 6.35. The number of benzene rings is 1. The van der Waals surface area contributed by atoms with E-state index in [0.29, 0.717) is 43.2 Å². The number of thiophene rings is 1. The lowest BCUT2D eigenvalue weighted by atomic mass is 10.1. The molecule has 0 spiro atoms.